The first-order valence-corrected chi connectivity index (χ1v) is 9.92. The Morgan fingerprint density at radius 3 is 2.11 bits per heavy atom. The van der Waals surface area contributed by atoms with Gasteiger partial charge < -0.3 is 4.98 Å². The van der Waals surface area contributed by atoms with Crippen LogP contribution in [0.1, 0.15) is 32.2 Å². The molecular weight excluding hydrogens is 245 g/mol. The number of nitrogens with zero attached hydrogens (tertiary/aromatic N) is 3. The van der Waals surface area contributed by atoms with Crippen LogP contribution >= 0.6 is 0 Å². The summed E-state index contributed by atoms with van der Waals surface area (Å²) in [6.45, 7) is 17.5. The second-order valence-electron chi connectivity index (χ2n) is 6.92. The standard InChI is InChI=1S/C14H26N3Si.Li/c1-11-9-12(2)17(15-11)10-13(14(3,4)5)16-18(6,7)8;/h9-10H,1-8H3;/q-1;+1/b13-10-;. The van der Waals surface area contributed by atoms with Gasteiger partial charge in [-0.3, -0.25) is 0 Å². The van der Waals surface area contributed by atoms with E-state index >= 15 is 0 Å². The van der Waals surface area contributed by atoms with Gasteiger partial charge in [0.1, 0.15) is 0 Å². The topological polar surface area (TPSA) is 31.9 Å². The molecule has 5 heteroatoms. The van der Waals surface area contributed by atoms with Crippen LogP contribution in [-0.4, -0.2) is 18.0 Å². The van der Waals surface area contributed by atoms with Crippen LogP contribution in [0.5, 0.6) is 0 Å². The molecule has 0 amide bonds. The molecule has 0 aliphatic carbocycles. The largest absolute Gasteiger partial charge is 1.00 e. The molecular formula is C14H26LiN3Si. The van der Waals surface area contributed by atoms with E-state index in [1.807, 2.05) is 11.6 Å². The third-order valence-electron chi connectivity index (χ3n) is 2.51. The minimum Gasteiger partial charge on any atom is -0.689 e. The van der Waals surface area contributed by atoms with E-state index in [9.17, 15) is 0 Å². The maximum absolute atomic E-state index is 4.96. The average molecular weight is 271 g/mol. The summed E-state index contributed by atoms with van der Waals surface area (Å²) < 4.78 is 1.94. The van der Waals surface area contributed by atoms with Crippen LogP contribution in [0.15, 0.2) is 11.8 Å². The van der Waals surface area contributed by atoms with Gasteiger partial charge in [-0.1, -0.05) is 40.4 Å². The van der Waals surface area contributed by atoms with Crippen molar-refractivity contribution >= 4 is 14.4 Å². The molecule has 0 atom stereocenters. The molecule has 0 saturated carbocycles. The number of aryl methyl sites for hydroxylation is 2. The van der Waals surface area contributed by atoms with E-state index in [1.165, 1.54) is 0 Å². The molecule has 0 aromatic carbocycles. The molecule has 1 aromatic heterocycles. The number of aromatic nitrogens is 2. The fraction of sp³-hybridized carbons (Fsp3) is 0.643. The monoisotopic (exact) mass is 271 g/mol. The average Bonchev–Trinajstić information content (AvgIpc) is 2.40. The van der Waals surface area contributed by atoms with Gasteiger partial charge in [0.05, 0.1) is 5.69 Å². The summed E-state index contributed by atoms with van der Waals surface area (Å²) in [4.78, 5) is 4.96. The Labute approximate surface area is 131 Å². The molecule has 3 nitrogen and oxygen atoms in total. The summed E-state index contributed by atoms with van der Waals surface area (Å²) in [5, 5.41) is 4.49. The Balaban J connectivity index is 0.00000324. The van der Waals surface area contributed by atoms with E-state index in [0.717, 1.165) is 17.1 Å². The zero-order valence-electron chi connectivity index (χ0n) is 14.0. The van der Waals surface area contributed by atoms with Crippen LogP contribution in [0, 0.1) is 19.3 Å². The first kappa shape index (κ1) is 18.6. The maximum Gasteiger partial charge on any atom is 1.00 e. The fourth-order valence-electron chi connectivity index (χ4n) is 1.64. The van der Waals surface area contributed by atoms with Gasteiger partial charge in [-0.15, -0.1) is 5.70 Å². The minimum absolute atomic E-state index is 0. The van der Waals surface area contributed by atoms with Gasteiger partial charge >= 0.3 is 18.9 Å². The van der Waals surface area contributed by atoms with E-state index in [1.54, 1.807) is 0 Å². The Morgan fingerprint density at radius 2 is 1.79 bits per heavy atom. The van der Waals surface area contributed by atoms with E-state index in [4.69, 9.17) is 4.98 Å². The van der Waals surface area contributed by atoms with Crippen LogP contribution < -0.4 is 18.9 Å². The third-order valence-corrected chi connectivity index (χ3v) is 3.43. The number of rotatable bonds is 3. The molecule has 19 heavy (non-hydrogen) atoms. The SMILES string of the molecule is Cc1cc(C)n(/C=C(\[N-][Si](C)(C)C)C(C)(C)C)n1.[Li+]. The van der Waals surface area contributed by atoms with Gasteiger partial charge in [-0.05, 0) is 33.6 Å². The van der Waals surface area contributed by atoms with Crippen molar-refractivity contribution in [2.75, 3.05) is 0 Å². The van der Waals surface area contributed by atoms with E-state index in [0.29, 0.717) is 0 Å². The molecule has 1 heterocycles. The minimum atomic E-state index is -1.48. The molecule has 0 saturated heterocycles. The van der Waals surface area contributed by atoms with Gasteiger partial charge in [-0.2, -0.15) is 5.10 Å². The summed E-state index contributed by atoms with van der Waals surface area (Å²) in [7, 11) is -1.48. The number of hydrogen-bond acceptors (Lipinski definition) is 1. The molecule has 1 rings (SSSR count). The van der Waals surface area contributed by atoms with Crippen molar-refractivity contribution in [2.45, 2.75) is 54.3 Å². The second kappa shape index (κ2) is 6.34. The Bertz CT molecular complexity index is 450. The van der Waals surface area contributed by atoms with Crippen molar-refractivity contribution in [3.05, 3.63) is 28.1 Å². The van der Waals surface area contributed by atoms with Crippen LogP contribution in [0.2, 0.25) is 19.6 Å². The van der Waals surface area contributed by atoms with Crippen molar-refractivity contribution in [1.29, 1.82) is 0 Å². The first-order chi connectivity index (χ1) is 7.99. The smallest absolute Gasteiger partial charge is 0.689 e. The van der Waals surface area contributed by atoms with E-state index < -0.39 is 8.24 Å². The second-order valence-corrected chi connectivity index (χ2v) is 11.5. The fourth-order valence-corrected chi connectivity index (χ4v) is 2.76. The Hall–Kier alpha value is -0.436. The Kier molecular flexibility index (Phi) is 6.20. The zero-order valence-corrected chi connectivity index (χ0v) is 15.0. The zero-order chi connectivity index (χ0) is 14.1. The molecule has 0 aliphatic rings. The van der Waals surface area contributed by atoms with Gasteiger partial charge in [0.2, 0.25) is 0 Å². The van der Waals surface area contributed by atoms with Crippen LogP contribution in [-0.2, 0) is 0 Å². The van der Waals surface area contributed by atoms with Crippen LogP contribution in [0.3, 0.4) is 0 Å². The third kappa shape index (κ3) is 6.03. The van der Waals surface area contributed by atoms with Crippen molar-refractivity contribution in [1.82, 2.24) is 9.78 Å². The number of allylic oxidation sites excluding steroid dienone is 1. The van der Waals surface area contributed by atoms with E-state index in [2.05, 4.69) is 64.7 Å². The number of hydrogen-bond donors (Lipinski definition) is 0. The van der Waals surface area contributed by atoms with E-state index in [-0.39, 0.29) is 24.3 Å². The molecule has 0 radical (unpaired) electrons. The first-order valence-electron chi connectivity index (χ1n) is 6.47. The van der Waals surface area contributed by atoms with Gasteiger partial charge in [0, 0.05) is 11.9 Å². The molecule has 0 N–H and O–H groups in total. The van der Waals surface area contributed by atoms with Crippen molar-refractivity contribution in [2.24, 2.45) is 5.41 Å². The maximum atomic E-state index is 4.96. The summed E-state index contributed by atoms with van der Waals surface area (Å²) in [6, 6.07) is 2.09. The Morgan fingerprint density at radius 1 is 1.26 bits per heavy atom. The molecule has 102 valence electrons. The summed E-state index contributed by atoms with van der Waals surface area (Å²) in [6.07, 6.45) is 2.08. The summed E-state index contributed by atoms with van der Waals surface area (Å²) in [5.41, 5.74) is 3.38. The molecule has 0 aliphatic heterocycles. The van der Waals surface area contributed by atoms with Crippen molar-refractivity contribution in [3.8, 4) is 0 Å². The molecule has 1 aromatic rings. The summed E-state index contributed by atoms with van der Waals surface area (Å²) >= 11 is 0. The van der Waals surface area contributed by atoms with Gasteiger partial charge in [0.25, 0.3) is 0 Å². The normalized spacial score (nSPS) is 13.2. The predicted octanol–water partition coefficient (Wildman–Crippen LogP) is 1.56. The van der Waals surface area contributed by atoms with Crippen molar-refractivity contribution < 1.29 is 18.9 Å². The van der Waals surface area contributed by atoms with Crippen LogP contribution in [0.4, 0.5) is 0 Å². The van der Waals surface area contributed by atoms with Crippen LogP contribution in [0.25, 0.3) is 11.2 Å². The van der Waals surface area contributed by atoms with Crippen molar-refractivity contribution in [3.63, 3.8) is 0 Å². The van der Waals surface area contributed by atoms with Gasteiger partial charge in [0.15, 0.2) is 0 Å². The quantitative estimate of drug-likeness (QED) is 0.768. The predicted molar refractivity (Wildman–Crippen MR) is 82.1 cm³/mol. The molecule has 0 unspecified atom stereocenters. The van der Waals surface area contributed by atoms with Gasteiger partial charge in [-0.25, -0.2) is 4.68 Å². The molecule has 0 fully saturated rings. The molecule has 0 bridgehead atoms. The molecule has 0 spiro atoms. The summed E-state index contributed by atoms with van der Waals surface area (Å²) in [5.74, 6) is 0.